The molecule has 0 saturated carbocycles. The highest BCUT2D eigenvalue weighted by atomic mass is 16.5. The molecule has 0 aromatic heterocycles. The predicted molar refractivity (Wildman–Crippen MR) is 61.5 cm³/mol. The molecule has 0 aliphatic rings. The summed E-state index contributed by atoms with van der Waals surface area (Å²) in [6.07, 6.45) is 2.03. The topological polar surface area (TPSA) is 43.4 Å². The smallest absolute Gasteiger partial charge is 0.338 e. The molecule has 1 rings (SSSR count). The molecule has 0 atom stereocenters. The number of hydrogen-bond donors (Lipinski definition) is 0. The second-order valence-corrected chi connectivity index (χ2v) is 3.57. The number of esters is 1. The molecule has 0 saturated heterocycles. The van der Waals surface area contributed by atoms with E-state index in [1.165, 1.54) is 0 Å². The summed E-state index contributed by atoms with van der Waals surface area (Å²) in [4.78, 5) is 21.8. The SMILES string of the molecule is CCOC(=O)c1ccc(C)c(CCC=O)c1. The molecule has 0 fully saturated rings. The van der Waals surface area contributed by atoms with Gasteiger partial charge in [-0.1, -0.05) is 6.07 Å². The van der Waals surface area contributed by atoms with Gasteiger partial charge in [0, 0.05) is 6.42 Å². The highest BCUT2D eigenvalue weighted by Crippen LogP contribution is 2.13. The Morgan fingerprint density at radius 3 is 2.81 bits per heavy atom. The van der Waals surface area contributed by atoms with Gasteiger partial charge in [-0.25, -0.2) is 4.79 Å². The van der Waals surface area contributed by atoms with E-state index in [2.05, 4.69) is 0 Å². The van der Waals surface area contributed by atoms with Crippen LogP contribution in [0.3, 0.4) is 0 Å². The van der Waals surface area contributed by atoms with E-state index in [4.69, 9.17) is 4.74 Å². The first-order valence-corrected chi connectivity index (χ1v) is 5.39. The predicted octanol–water partition coefficient (Wildman–Crippen LogP) is 2.30. The van der Waals surface area contributed by atoms with Crippen molar-refractivity contribution in [2.24, 2.45) is 0 Å². The summed E-state index contributed by atoms with van der Waals surface area (Å²) in [6, 6.07) is 5.43. The normalized spacial score (nSPS) is 9.88. The number of carbonyl (C=O) groups is 2. The van der Waals surface area contributed by atoms with Gasteiger partial charge in [0.1, 0.15) is 6.29 Å². The van der Waals surface area contributed by atoms with Crippen LogP contribution in [-0.4, -0.2) is 18.9 Å². The Kier molecular flexibility index (Phi) is 4.70. The van der Waals surface area contributed by atoms with Crippen LogP contribution in [-0.2, 0) is 16.0 Å². The minimum Gasteiger partial charge on any atom is -0.462 e. The fraction of sp³-hybridized carbons (Fsp3) is 0.385. The monoisotopic (exact) mass is 220 g/mol. The second-order valence-electron chi connectivity index (χ2n) is 3.57. The third-order valence-electron chi connectivity index (χ3n) is 2.39. The lowest BCUT2D eigenvalue weighted by molar-refractivity contribution is -0.107. The zero-order chi connectivity index (χ0) is 12.0. The molecule has 86 valence electrons. The Balaban J connectivity index is 2.88. The number of rotatable bonds is 5. The summed E-state index contributed by atoms with van der Waals surface area (Å²) in [6.45, 7) is 4.12. The van der Waals surface area contributed by atoms with Crippen LogP contribution in [0.4, 0.5) is 0 Å². The minimum absolute atomic E-state index is 0.310. The molecule has 1 aromatic carbocycles. The molecular weight excluding hydrogens is 204 g/mol. The molecule has 16 heavy (non-hydrogen) atoms. The van der Waals surface area contributed by atoms with Crippen LogP contribution in [0, 0.1) is 6.92 Å². The largest absolute Gasteiger partial charge is 0.462 e. The van der Waals surface area contributed by atoms with Gasteiger partial charge in [-0.05, 0) is 43.5 Å². The van der Waals surface area contributed by atoms with E-state index in [1.807, 2.05) is 13.0 Å². The Labute approximate surface area is 95.4 Å². The molecular formula is C13H16O3. The molecule has 0 unspecified atom stereocenters. The van der Waals surface area contributed by atoms with Crippen molar-refractivity contribution >= 4 is 12.3 Å². The number of benzene rings is 1. The van der Waals surface area contributed by atoms with E-state index < -0.39 is 0 Å². The van der Waals surface area contributed by atoms with E-state index >= 15 is 0 Å². The van der Waals surface area contributed by atoms with Gasteiger partial charge < -0.3 is 9.53 Å². The lowest BCUT2D eigenvalue weighted by Crippen LogP contribution is -2.05. The van der Waals surface area contributed by atoms with E-state index in [9.17, 15) is 9.59 Å². The maximum atomic E-state index is 11.5. The zero-order valence-electron chi connectivity index (χ0n) is 9.66. The molecule has 0 aliphatic heterocycles. The Hall–Kier alpha value is -1.64. The van der Waals surface area contributed by atoms with E-state index in [0.29, 0.717) is 25.0 Å². The van der Waals surface area contributed by atoms with Crippen molar-refractivity contribution in [2.75, 3.05) is 6.61 Å². The van der Waals surface area contributed by atoms with Crippen LogP contribution in [0.5, 0.6) is 0 Å². The molecule has 0 radical (unpaired) electrons. The third kappa shape index (κ3) is 3.19. The van der Waals surface area contributed by atoms with Crippen molar-refractivity contribution in [3.63, 3.8) is 0 Å². The van der Waals surface area contributed by atoms with E-state index in [0.717, 1.165) is 17.4 Å². The van der Waals surface area contributed by atoms with Gasteiger partial charge in [0.05, 0.1) is 12.2 Å². The average Bonchev–Trinajstić information content (AvgIpc) is 2.28. The molecule has 0 N–H and O–H groups in total. The van der Waals surface area contributed by atoms with Crippen molar-refractivity contribution in [1.29, 1.82) is 0 Å². The standard InChI is InChI=1S/C13H16O3/c1-3-16-13(15)12-7-6-10(2)11(9-12)5-4-8-14/h6-9H,3-5H2,1-2H3. The highest BCUT2D eigenvalue weighted by Gasteiger charge is 2.08. The highest BCUT2D eigenvalue weighted by molar-refractivity contribution is 5.89. The zero-order valence-corrected chi connectivity index (χ0v) is 9.66. The number of carbonyl (C=O) groups excluding carboxylic acids is 2. The van der Waals surface area contributed by atoms with Crippen LogP contribution < -0.4 is 0 Å². The van der Waals surface area contributed by atoms with Crippen molar-refractivity contribution < 1.29 is 14.3 Å². The van der Waals surface area contributed by atoms with Crippen LogP contribution >= 0.6 is 0 Å². The summed E-state index contributed by atoms with van der Waals surface area (Å²) in [5.41, 5.74) is 2.67. The van der Waals surface area contributed by atoms with Crippen LogP contribution in [0.15, 0.2) is 18.2 Å². The molecule has 0 heterocycles. The van der Waals surface area contributed by atoms with Crippen LogP contribution in [0.25, 0.3) is 0 Å². The van der Waals surface area contributed by atoms with E-state index in [-0.39, 0.29) is 5.97 Å². The molecule has 0 bridgehead atoms. The molecule has 1 aromatic rings. The lowest BCUT2D eigenvalue weighted by Gasteiger charge is -2.07. The third-order valence-corrected chi connectivity index (χ3v) is 2.39. The summed E-state index contributed by atoms with van der Waals surface area (Å²) >= 11 is 0. The number of aryl methyl sites for hydroxylation is 2. The molecule has 0 amide bonds. The molecule has 0 aliphatic carbocycles. The minimum atomic E-state index is -0.310. The summed E-state index contributed by atoms with van der Waals surface area (Å²) in [5, 5.41) is 0. The van der Waals surface area contributed by atoms with Crippen molar-refractivity contribution in [2.45, 2.75) is 26.7 Å². The first-order chi connectivity index (χ1) is 7.69. The van der Waals surface area contributed by atoms with Crippen LogP contribution in [0.1, 0.15) is 34.8 Å². The first kappa shape index (κ1) is 12.4. The van der Waals surface area contributed by atoms with Gasteiger partial charge in [0.2, 0.25) is 0 Å². The van der Waals surface area contributed by atoms with Gasteiger partial charge >= 0.3 is 5.97 Å². The Morgan fingerprint density at radius 1 is 1.44 bits per heavy atom. The number of hydrogen-bond acceptors (Lipinski definition) is 3. The maximum Gasteiger partial charge on any atom is 0.338 e. The molecule has 3 nitrogen and oxygen atoms in total. The van der Waals surface area contributed by atoms with Gasteiger partial charge in [-0.2, -0.15) is 0 Å². The van der Waals surface area contributed by atoms with Gasteiger partial charge in [0.15, 0.2) is 0 Å². The quantitative estimate of drug-likeness (QED) is 0.565. The van der Waals surface area contributed by atoms with E-state index in [1.54, 1.807) is 19.1 Å². The first-order valence-electron chi connectivity index (χ1n) is 5.39. The van der Waals surface area contributed by atoms with Crippen molar-refractivity contribution in [3.05, 3.63) is 34.9 Å². The number of ether oxygens (including phenoxy) is 1. The molecule has 0 spiro atoms. The van der Waals surface area contributed by atoms with Crippen molar-refractivity contribution in [3.8, 4) is 0 Å². The fourth-order valence-electron chi connectivity index (χ4n) is 1.50. The molecule has 3 heteroatoms. The lowest BCUT2D eigenvalue weighted by atomic mass is 10.0. The summed E-state index contributed by atoms with van der Waals surface area (Å²) in [5.74, 6) is -0.310. The average molecular weight is 220 g/mol. The Bertz CT molecular complexity index is 383. The summed E-state index contributed by atoms with van der Waals surface area (Å²) in [7, 11) is 0. The van der Waals surface area contributed by atoms with Crippen LogP contribution in [0.2, 0.25) is 0 Å². The fourth-order valence-corrected chi connectivity index (χ4v) is 1.50. The summed E-state index contributed by atoms with van der Waals surface area (Å²) < 4.78 is 4.92. The number of aldehydes is 1. The Morgan fingerprint density at radius 2 is 2.19 bits per heavy atom. The van der Waals surface area contributed by atoms with Gasteiger partial charge in [-0.15, -0.1) is 0 Å². The second kappa shape index (κ2) is 6.05. The van der Waals surface area contributed by atoms with Gasteiger partial charge in [0.25, 0.3) is 0 Å². The van der Waals surface area contributed by atoms with Crippen molar-refractivity contribution in [1.82, 2.24) is 0 Å². The van der Waals surface area contributed by atoms with Gasteiger partial charge in [-0.3, -0.25) is 0 Å². The maximum absolute atomic E-state index is 11.5.